The van der Waals surface area contributed by atoms with Gasteiger partial charge < -0.3 is 10.5 Å². The maximum absolute atomic E-state index is 13.9. The molecule has 19 heavy (non-hydrogen) atoms. The second kappa shape index (κ2) is 6.02. The van der Waals surface area contributed by atoms with E-state index in [1.807, 2.05) is 0 Å². The first kappa shape index (κ1) is 13.8. The van der Waals surface area contributed by atoms with E-state index >= 15 is 0 Å². The molecule has 0 aromatic heterocycles. The fraction of sp³-hybridized carbons (Fsp3) is 0.500. The Labute approximate surface area is 112 Å². The van der Waals surface area contributed by atoms with E-state index in [0.717, 1.165) is 25.9 Å². The number of amidine groups is 1. The smallest absolute Gasteiger partial charge is 0.131 e. The average molecular weight is 265 g/mol. The van der Waals surface area contributed by atoms with Crippen molar-refractivity contribution in [2.24, 2.45) is 11.7 Å². The van der Waals surface area contributed by atoms with Crippen LogP contribution in [0.2, 0.25) is 0 Å². The first-order chi connectivity index (χ1) is 9.10. The van der Waals surface area contributed by atoms with E-state index in [9.17, 15) is 4.39 Å². The normalized spacial score (nSPS) is 20.2. The molecule has 5 heteroatoms. The van der Waals surface area contributed by atoms with Crippen LogP contribution in [-0.4, -0.2) is 30.9 Å². The molecule has 0 radical (unpaired) electrons. The number of nitrogens with one attached hydrogen (secondary N) is 1. The van der Waals surface area contributed by atoms with E-state index in [0.29, 0.717) is 17.9 Å². The van der Waals surface area contributed by atoms with Gasteiger partial charge in [-0.1, -0.05) is 6.07 Å². The average Bonchev–Trinajstić information content (AvgIpc) is 2.41. The molecule has 3 N–H and O–H groups in total. The summed E-state index contributed by atoms with van der Waals surface area (Å²) < 4.78 is 18.9. The molecule has 1 unspecified atom stereocenters. The molecule has 0 saturated carbocycles. The summed E-state index contributed by atoms with van der Waals surface area (Å²) in [5, 5.41) is 7.51. The third kappa shape index (κ3) is 3.44. The maximum Gasteiger partial charge on any atom is 0.131 e. The van der Waals surface area contributed by atoms with Crippen LogP contribution in [-0.2, 0) is 6.54 Å². The van der Waals surface area contributed by atoms with Gasteiger partial charge in [-0.05, 0) is 25.5 Å². The van der Waals surface area contributed by atoms with Gasteiger partial charge in [0.2, 0.25) is 0 Å². The molecule has 104 valence electrons. The van der Waals surface area contributed by atoms with Crippen LogP contribution < -0.4 is 10.5 Å². The lowest BCUT2D eigenvalue weighted by Gasteiger charge is -2.32. The van der Waals surface area contributed by atoms with Crippen molar-refractivity contribution in [2.75, 3.05) is 20.2 Å². The van der Waals surface area contributed by atoms with E-state index in [4.69, 9.17) is 15.9 Å². The molecule has 1 aromatic rings. The fourth-order valence-electron chi connectivity index (χ4n) is 2.48. The van der Waals surface area contributed by atoms with Crippen LogP contribution in [0.1, 0.15) is 18.4 Å². The number of hydrogen-bond donors (Lipinski definition) is 2. The van der Waals surface area contributed by atoms with Crippen LogP contribution in [0.3, 0.4) is 0 Å². The summed E-state index contributed by atoms with van der Waals surface area (Å²) in [6, 6.07) is 4.93. The van der Waals surface area contributed by atoms with Crippen molar-refractivity contribution in [3.05, 3.63) is 29.6 Å². The molecule has 0 amide bonds. The number of benzene rings is 1. The van der Waals surface area contributed by atoms with Crippen molar-refractivity contribution in [1.29, 1.82) is 5.41 Å². The third-order valence-electron chi connectivity index (χ3n) is 3.60. The Morgan fingerprint density at radius 1 is 1.58 bits per heavy atom. The molecule has 1 heterocycles. The first-order valence-electron chi connectivity index (χ1n) is 6.49. The number of halogens is 1. The molecule has 1 fully saturated rings. The van der Waals surface area contributed by atoms with Crippen molar-refractivity contribution >= 4 is 5.84 Å². The third-order valence-corrected chi connectivity index (χ3v) is 3.60. The van der Waals surface area contributed by atoms with E-state index < -0.39 is 0 Å². The highest BCUT2D eigenvalue weighted by Crippen LogP contribution is 2.21. The SMILES string of the molecule is COc1ccc(CN2CCCC(C(=N)N)C2)c(F)c1. The van der Waals surface area contributed by atoms with Gasteiger partial charge >= 0.3 is 0 Å². The van der Waals surface area contributed by atoms with E-state index in [2.05, 4.69) is 4.90 Å². The Morgan fingerprint density at radius 2 is 2.37 bits per heavy atom. The largest absolute Gasteiger partial charge is 0.497 e. The molecule has 1 atom stereocenters. The minimum absolute atomic E-state index is 0.107. The van der Waals surface area contributed by atoms with Crippen LogP contribution in [0.25, 0.3) is 0 Å². The number of hydrogen-bond acceptors (Lipinski definition) is 3. The Bertz CT molecular complexity index is 464. The predicted octanol–water partition coefficient (Wildman–Crippen LogP) is 1.98. The first-order valence-corrected chi connectivity index (χ1v) is 6.49. The van der Waals surface area contributed by atoms with Gasteiger partial charge in [-0.25, -0.2) is 4.39 Å². The number of nitrogens with two attached hydrogens (primary N) is 1. The van der Waals surface area contributed by atoms with Crippen molar-refractivity contribution in [3.8, 4) is 5.75 Å². The highest BCUT2D eigenvalue weighted by molar-refractivity contribution is 5.79. The number of likely N-dealkylation sites (tertiary alicyclic amines) is 1. The summed E-state index contributed by atoms with van der Waals surface area (Å²) in [6.07, 6.45) is 1.96. The number of nitrogens with zero attached hydrogens (tertiary/aromatic N) is 1. The summed E-state index contributed by atoms with van der Waals surface area (Å²) in [5.74, 6) is 0.626. The van der Waals surface area contributed by atoms with E-state index in [1.54, 1.807) is 12.1 Å². The van der Waals surface area contributed by atoms with Crippen LogP contribution in [0.15, 0.2) is 18.2 Å². The summed E-state index contributed by atoms with van der Waals surface area (Å²) in [6.45, 7) is 2.22. The second-order valence-electron chi connectivity index (χ2n) is 4.99. The molecule has 1 saturated heterocycles. The molecule has 1 aliphatic rings. The predicted molar refractivity (Wildman–Crippen MR) is 72.9 cm³/mol. The Morgan fingerprint density at radius 3 is 3.00 bits per heavy atom. The monoisotopic (exact) mass is 265 g/mol. The summed E-state index contributed by atoms with van der Waals surface area (Å²) in [5.41, 5.74) is 6.21. The standard InChI is InChI=1S/C14H20FN3O/c1-19-12-5-4-10(13(15)7-12)8-18-6-2-3-11(9-18)14(16)17/h4-5,7,11H,2-3,6,8-9H2,1H3,(H3,16,17). The van der Waals surface area contributed by atoms with Crippen molar-refractivity contribution in [2.45, 2.75) is 19.4 Å². The lowest BCUT2D eigenvalue weighted by Crippen LogP contribution is -2.40. The summed E-state index contributed by atoms with van der Waals surface area (Å²) in [7, 11) is 1.52. The number of ether oxygens (including phenoxy) is 1. The zero-order chi connectivity index (χ0) is 13.8. The molecular weight excluding hydrogens is 245 g/mol. The Balaban J connectivity index is 2.02. The second-order valence-corrected chi connectivity index (χ2v) is 4.99. The Hall–Kier alpha value is -1.62. The van der Waals surface area contributed by atoms with Gasteiger partial charge in [0.25, 0.3) is 0 Å². The lowest BCUT2D eigenvalue weighted by atomic mass is 9.96. The molecule has 2 rings (SSSR count). The quantitative estimate of drug-likeness (QED) is 0.646. The zero-order valence-electron chi connectivity index (χ0n) is 11.2. The molecule has 0 aliphatic carbocycles. The summed E-state index contributed by atoms with van der Waals surface area (Å²) in [4.78, 5) is 2.15. The number of piperidine rings is 1. The van der Waals surface area contributed by atoms with Crippen molar-refractivity contribution in [1.82, 2.24) is 4.90 Å². The molecule has 1 aliphatic heterocycles. The van der Waals surface area contributed by atoms with Gasteiger partial charge in [-0.15, -0.1) is 0 Å². The molecular formula is C14H20FN3O. The van der Waals surface area contributed by atoms with Gasteiger partial charge in [0, 0.05) is 30.6 Å². The topological polar surface area (TPSA) is 62.3 Å². The van der Waals surface area contributed by atoms with Crippen molar-refractivity contribution < 1.29 is 9.13 Å². The Kier molecular flexibility index (Phi) is 4.37. The highest BCUT2D eigenvalue weighted by atomic mass is 19.1. The van der Waals surface area contributed by atoms with Gasteiger partial charge in [-0.2, -0.15) is 0 Å². The van der Waals surface area contributed by atoms with Crippen molar-refractivity contribution in [3.63, 3.8) is 0 Å². The van der Waals surface area contributed by atoms with Gasteiger partial charge in [0.05, 0.1) is 12.9 Å². The van der Waals surface area contributed by atoms with Gasteiger partial charge in [-0.3, -0.25) is 10.3 Å². The minimum Gasteiger partial charge on any atom is -0.497 e. The summed E-state index contributed by atoms with van der Waals surface area (Å²) >= 11 is 0. The van der Waals surface area contributed by atoms with Crippen LogP contribution in [0, 0.1) is 17.1 Å². The maximum atomic E-state index is 13.9. The van der Waals surface area contributed by atoms with Crippen LogP contribution in [0.5, 0.6) is 5.75 Å². The lowest BCUT2D eigenvalue weighted by molar-refractivity contribution is 0.193. The molecule has 0 bridgehead atoms. The highest BCUT2D eigenvalue weighted by Gasteiger charge is 2.22. The van der Waals surface area contributed by atoms with Gasteiger partial charge in [0.15, 0.2) is 0 Å². The van der Waals surface area contributed by atoms with E-state index in [1.165, 1.54) is 13.2 Å². The van der Waals surface area contributed by atoms with Crippen LogP contribution >= 0.6 is 0 Å². The zero-order valence-corrected chi connectivity index (χ0v) is 11.2. The molecule has 1 aromatic carbocycles. The van der Waals surface area contributed by atoms with E-state index in [-0.39, 0.29) is 17.6 Å². The number of methoxy groups -OCH3 is 1. The fourth-order valence-corrected chi connectivity index (χ4v) is 2.48. The minimum atomic E-state index is -0.246. The van der Waals surface area contributed by atoms with Crippen LogP contribution in [0.4, 0.5) is 4.39 Å². The number of rotatable bonds is 4. The molecule has 0 spiro atoms. The van der Waals surface area contributed by atoms with Gasteiger partial charge in [0.1, 0.15) is 11.6 Å². The molecule has 4 nitrogen and oxygen atoms in total.